The number of carbonyl (C=O) groups is 2. The highest BCUT2D eigenvalue weighted by atomic mass is 16.5. The Labute approximate surface area is 179 Å². The monoisotopic (exact) mass is 421 g/mol. The third kappa shape index (κ3) is 4.30. The van der Waals surface area contributed by atoms with E-state index in [0.29, 0.717) is 28.8 Å². The van der Waals surface area contributed by atoms with E-state index in [4.69, 9.17) is 13.9 Å². The lowest BCUT2D eigenvalue weighted by Crippen LogP contribution is -2.29. The average molecular weight is 421 g/mol. The van der Waals surface area contributed by atoms with Gasteiger partial charge in [0.15, 0.2) is 0 Å². The van der Waals surface area contributed by atoms with Gasteiger partial charge in [0.1, 0.15) is 17.9 Å². The molecule has 31 heavy (non-hydrogen) atoms. The summed E-state index contributed by atoms with van der Waals surface area (Å²) in [5.41, 5.74) is 1.38. The fraction of sp³-hybridized carbons (Fsp3) is 0.292. The zero-order chi connectivity index (χ0) is 22.0. The number of rotatable bonds is 6. The van der Waals surface area contributed by atoms with E-state index in [0.717, 1.165) is 5.56 Å². The van der Waals surface area contributed by atoms with E-state index in [9.17, 15) is 14.4 Å². The fourth-order valence-electron chi connectivity index (χ4n) is 3.90. The van der Waals surface area contributed by atoms with Crippen LogP contribution in [-0.2, 0) is 20.9 Å². The van der Waals surface area contributed by atoms with Gasteiger partial charge in [0.25, 0.3) is 0 Å². The summed E-state index contributed by atoms with van der Waals surface area (Å²) in [4.78, 5) is 38.8. The van der Waals surface area contributed by atoms with Crippen molar-refractivity contribution in [3.63, 3.8) is 0 Å². The summed E-state index contributed by atoms with van der Waals surface area (Å²) in [7, 11) is 1.52. The maximum absolute atomic E-state index is 12.7. The molecule has 1 amide bonds. The molecule has 0 spiro atoms. The predicted molar refractivity (Wildman–Crippen MR) is 114 cm³/mol. The minimum atomic E-state index is -0.537. The smallest absolute Gasteiger partial charge is 0.336 e. The van der Waals surface area contributed by atoms with Gasteiger partial charge in [-0.15, -0.1) is 0 Å². The highest BCUT2D eigenvalue weighted by molar-refractivity contribution is 5.87. The number of nitrogens with zero attached hydrogens (tertiary/aromatic N) is 1. The predicted octanol–water partition coefficient (Wildman–Crippen LogP) is 3.45. The lowest BCUT2D eigenvalue weighted by atomic mass is 10.1. The van der Waals surface area contributed by atoms with Crippen molar-refractivity contribution in [1.82, 2.24) is 4.90 Å². The van der Waals surface area contributed by atoms with E-state index in [2.05, 4.69) is 0 Å². The first-order valence-corrected chi connectivity index (χ1v) is 10.1. The van der Waals surface area contributed by atoms with Crippen LogP contribution in [0, 0.1) is 5.92 Å². The molecular weight excluding hydrogens is 398 g/mol. The second-order valence-electron chi connectivity index (χ2n) is 7.59. The Morgan fingerprint density at radius 2 is 1.94 bits per heavy atom. The molecule has 160 valence electrons. The molecule has 1 fully saturated rings. The van der Waals surface area contributed by atoms with Crippen LogP contribution in [0.4, 0.5) is 0 Å². The van der Waals surface area contributed by atoms with Gasteiger partial charge in [-0.3, -0.25) is 9.59 Å². The van der Waals surface area contributed by atoms with Gasteiger partial charge in [0.05, 0.1) is 19.1 Å². The number of hydrogen-bond donors (Lipinski definition) is 0. The molecule has 2 atom stereocenters. The molecule has 0 radical (unpaired) electrons. The van der Waals surface area contributed by atoms with E-state index in [-0.39, 0.29) is 25.0 Å². The molecule has 1 aliphatic rings. The van der Waals surface area contributed by atoms with Crippen LogP contribution in [0.2, 0.25) is 0 Å². The first-order valence-electron chi connectivity index (χ1n) is 10.1. The highest BCUT2D eigenvalue weighted by Crippen LogP contribution is 2.29. The number of likely N-dealkylation sites (tertiary alicyclic amines) is 1. The topological polar surface area (TPSA) is 86.0 Å². The molecule has 7 heteroatoms. The Bertz CT molecular complexity index is 1170. The number of carbonyl (C=O) groups excluding carboxylic acids is 2. The summed E-state index contributed by atoms with van der Waals surface area (Å²) in [6, 6.07) is 16.0. The molecule has 1 aromatic heterocycles. The van der Waals surface area contributed by atoms with Crippen LogP contribution < -0.4 is 10.4 Å². The summed E-state index contributed by atoms with van der Waals surface area (Å²) < 4.78 is 15.9. The number of amides is 1. The van der Waals surface area contributed by atoms with Crippen molar-refractivity contribution in [3.05, 3.63) is 76.1 Å². The van der Waals surface area contributed by atoms with Crippen LogP contribution in [0.15, 0.2) is 63.8 Å². The molecule has 1 aliphatic heterocycles. The third-order valence-electron chi connectivity index (χ3n) is 5.65. The summed E-state index contributed by atoms with van der Waals surface area (Å²) >= 11 is 0. The number of esters is 1. The molecule has 3 aromatic rings. The van der Waals surface area contributed by atoms with E-state index < -0.39 is 17.5 Å². The van der Waals surface area contributed by atoms with Crippen LogP contribution in [0.3, 0.4) is 0 Å². The van der Waals surface area contributed by atoms with Gasteiger partial charge < -0.3 is 18.8 Å². The number of fused-ring (bicyclic) bond motifs is 1. The Morgan fingerprint density at radius 3 is 2.68 bits per heavy atom. The number of benzene rings is 2. The van der Waals surface area contributed by atoms with E-state index in [1.807, 2.05) is 37.3 Å². The first-order chi connectivity index (χ1) is 15.0. The minimum absolute atomic E-state index is 0.0730. The first kappa shape index (κ1) is 20.7. The average Bonchev–Trinajstić information content (AvgIpc) is 3.18. The molecule has 2 heterocycles. The SMILES string of the molecule is COc1ccc2c(COC(=O)[C@@H]3CC(=O)N([C@H](C)c4ccccc4)C3)cc(=O)oc2c1. The maximum atomic E-state index is 12.7. The molecule has 1 saturated heterocycles. The molecule has 0 aliphatic carbocycles. The van der Waals surface area contributed by atoms with Gasteiger partial charge in [0.2, 0.25) is 5.91 Å². The molecule has 0 bridgehead atoms. The maximum Gasteiger partial charge on any atom is 0.336 e. The number of ether oxygens (including phenoxy) is 2. The Balaban J connectivity index is 1.45. The molecule has 0 saturated carbocycles. The Kier molecular flexibility index (Phi) is 5.75. The molecule has 2 aromatic carbocycles. The highest BCUT2D eigenvalue weighted by Gasteiger charge is 2.38. The van der Waals surface area contributed by atoms with Crippen molar-refractivity contribution in [2.75, 3.05) is 13.7 Å². The van der Waals surface area contributed by atoms with Crippen molar-refractivity contribution < 1.29 is 23.5 Å². The molecule has 7 nitrogen and oxygen atoms in total. The third-order valence-corrected chi connectivity index (χ3v) is 5.65. The fourth-order valence-corrected chi connectivity index (χ4v) is 3.90. The standard InChI is InChI=1S/C24H23NO6/c1-15(16-6-4-3-5-7-16)25-13-17(10-22(25)26)24(28)30-14-18-11-23(27)31-21-12-19(29-2)8-9-20(18)21/h3-9,11-12,15,17H,10,13-14H2,1-2H3/t15-,17-/m1/s1. The van der Waals surface area contributed by atoms with Crippen molar-refractivity contribution >= 4 is 22.8 Å². The second-order valence-corrected chi connectivity index (χ2v) is 7.59. The summed E-state index contributed by atoms with van der Waals surface area (Å²) in [6.45, 7) is 2.18. The van der Waals surface area contributed by atoms with Crippen molar-refractivity contribution in [3.8, 4) is 5.75 Å². The molecule has 4 rings (SSSR count). The second kappa shape index (κ2) is 8.63. The van der Waals surface area contributed by atoms with Crippen LogP contribution in [-0.4, -0.2) is 30.4 Å². The number of methoxy groups -OCH3 is 1. The van der Waals surface area contributed by atoms with Gasteiger partial charge in [-0.2, -0.15) is 0 Å². The van der Waals surface area contributed by atoms with Gasteiger partial charge in [-0.25, -0.2) is 4.79 Å². The van der Waals surface area contributed by atoms with Gasteiger partial charge in [-0.1, -0.05) is 30.3 Å². The summed E-state index contributed by atoms with van der Waals surface area (Å²) in [5.74, 6) is -0.505. The zero-order valence-corrected chi connectivity index (χ0v) is 17.4. The normalized spacial score (nSPS) is 17.0. The quantitative estimate of drug-likeness (QED) is 0.448. The lowest BCUT2D eigenvalue weighted by molar-refractivity contribution is -0.149. The van der Waals surface area contributed by atoms with Crippen LogP contribution in [0.5, 0.6) is 5.75 Å². The van der Waals surface area contributed by atoms with Gasteiger partial charge in [-0.05, 0) is 24.6 Å². The van der Waals surface area contributed by atoms with Crippen molar-refractivity contribution in [2.24, 2.45) is 5.92 Å². The van der Waals surface area contributed by atoms with Crippen molar-refractivity contribution in [1.29, 1.82) is 0 Å². The molecule has 0 unspecified atom stereocenters. The summed E-state index contributed by atoms with van der Waals surface area (Å²) in [5, 5.41) is 0.662. The van der Waals surface area contributed by atoms with Crippen LogP contribution in [0.25, 0.3) is 11.0 Å². The van der Waals surface area contributed by atoms with Crippen LogP contribution in [0.1, 0.15) is 30.5 Å². The molecular formula is C24H23NO6. The van der Waals surface area contributed by atoms with Gasteiger partial charge >= 0.3 is 11.6 Å². The van der Waals surface area contributed by atoms with Crippen LogP contribution >= 0.6 is 0 Å². The largest absolute Gasteiger partial charge is 0.497 e. The van der Waals surface area contributed by atoms with E-state index >= 15 is 0 Å². The number of hydrogen-bond acceptors (Lipinski definition) is 6. The van der Waals surface area contributed by atoms with E-state index in [1.54, 1.807) is 23.1 Å². The molecule has 0 N–H and O–H groups in total. The zero-order valence-electron chi connectivity index (χ0n) is 17.4. The van der Waals surface area contributed by atoms with E-state index in [1.165, 1.54) is 13.2 Å². The lowest BCUT2D eigenvalue weighted by Gasteiger charge is -2.25. The summed E-state index contributed by atoms with van der Waals surface area (Å²) in [6.07, 6.45) is 0.116. The Hall–Kier alpha value is -3.61. The van der Waals surface area contributed by atoms with Crippen molar-refractivity contribution in [2.45, 2.75) is 26.0 Å². The Morgan fingerprint density at radius 1 is 1.16 bits per heavy atom. The minimum Gasteiger partial charge on any atom is -0.497 e. The van der Waals surface area contributed by atoms with Gasteiger partial charge in [0, 0.05) is 36.0 Å².